The van der Waals surface area contributed by atoms with Gasteiger partial charge < -0.3 is 15.0 Å². The van der Waals surface area contributed by atoms with Crippen molar-refractivity contribution in [1.29, 1.82) is 0 Å². The van der Waals surface area contributed by atoms with Crippen LogP contribution >= 0.6 is 0 Å². The van der Waals surface area contributed by atoms with E-state index in [9.17, 15) is 9.59 Å². The summed E-state index contributed by atoms with van der Waals surface area (Å²) < 4.78 is 5.66. The number of nitrogens with zero attached hydrogens (tertiary/aromatic N) is 1. The van der Waals surface area contributed by atoms with Crippen molar-refractivity contribution >= 4 is 17.5 Å². The SMILES string of the molecule is CCOc1ccccc1NC(=O)[C@@H](NCc1ccc(C(=O)N2CCCCC2)cc1)c1ccccc1. The van der Waals surface area contributed by atoms with E-state index in [0.29, 0.717) is 30.2 Å². The van der Waals surface area contributed by atoms with Crippen molar-refractivity contribution in [2.45, 2.75) is 38.8 Å². The minimum absolute atomic E-state index is 0.0960. The van der Waals surface area contributed by atoms with E-state index in [4.69, 9.17) is 4.74 Å². The molecular weight excluding hydrogens is 438 g/mol. The highest BCUT2D eigenvalue weighted by Crippen LogP contribution is 2.25. The van der Waals surface area contributed by atoms with Crippen LogP contribution in [0.15, 0.2) is 78.9 Å². The largest absolute Gasteiger partial charge is 0.492 e. The molecule has 0 saturated carbocycles. The maximum atomic E-state index is 13.3. The molecule has 6 heteroatoms. The lowest BCUT2D eigenvalue weighted by molar-refractivity contribution is -0.118. The van der Waals surface area contributed by atoms with Gasteiger partial charge in [-0.25, -0.2) is 0 Å². The van der Waals surface area contributed by atoms with E-state index < -0.39 is 6.04 Å². The highest BCUT2D eigenvalue weighted by atomic mass is 16.5. The Morgan fingerprint density at radius 1 is 0.886 bits per heavy atom. The van der Waals surface area contributed by atoms with E-state index in [0.717, 1.165) is 37.1 Å². The second-order valence-electron chi connectivity index (χ2n) is 8.69. The molecule has 3 aromatic rings. The Hall–Kier alpha value is -3.64. The molecule has 2 amide bonds. The third kappa shape index (κ3) is 6.49. The number of para-hydroxylation sites is 2. The number of ether oxygens (including phenoxy) is 1. The summed E-state index contributed by atoms with van der Waals surface area (Å²) in [5, 5.41) is 6.40. The highest BCUT2D eigenvalue weighted by molar-refractivity contribution is 5.97. The van der Waals surface area contributed by atoms with Gasteiger partial charge in [0.25, 0.3) is 5.91 Å². The lowest BCUT2D eigenvalue weighted by atomic mass is 10.0. The van der Waals surface area contributed by atoms with Crippen molar-refractivity contribution < 1.29 is 14.3 Å². The first-order valence-electron chi connectivity index (χ1n) is 12.3. The summed E-state index contributed by atoms with van der Waals surface area (Å²) in [6, 6.07) is 24.2. The van der Waals surface area contributed by atoms with Gasteiger partial charge in [0.1, 0.15) is 11.8 Å². The summed E-state index contributed by atoms with van der Waals surface area (Å²) in [6.07, 6.45) is 3.35. The monoisotopic (exact) mass is 471 g/mol. The fraction of sp³-hybridized carbons (Fsp3) is 0.310. The third-order valence-corrected chi connectivity index (χ3v) is 6.19. The average molecular weight is 472 g/mol. The maximum absolute atomic E-state index is 13.3. The molecule has 0 spiro atoms. The number of carbonyl (C=O) groups is 2. The van der Waals surface area contributed by atoms with Gasteiger partial charge in [-0.3, -0.25) is 14.9 Å². The van der Waals surface area contributed by atoms with Crippen molar-refractivity contribution in [1.82, 2.24) is 10.2 Å². The quantitative estimate of drug-likeness (QED) is 0.451. The Morgan fingerprint density at radius 2 is 1.57 bits per heavy atom. The molecular formula is C29H33N3O3. The molecule has 2 N–H and O–H groups in total. The molecule has 0 radical (unpaired) electrons. The van der Waals surface area contributed by atoms with Gasteiger partial charge in [0, 0.05) is 25.2 Å². The van der Waals surface area contributed by atoms with Gasteiger partial charge in [-0.05, 0) is 61.6 Å². The number of hydrogen-bond acceptors (Lipinski definition) is 4. The summed E-state index contributed by atoms with van der Waals surface area (Å²) in [4.78, 5) is 28.0. The van der Waals surface area contributed by atoms with Crippen molar-refractivity contribution in [2.24, 2.45) is 0 Å². The topological polar surface area (TPSA) is 70.7 Å². The molecule has 1 atom stereocenters. The van der Waals surface area contributed by atoms with Crippen LogP contribution in [-0.4, -0.2) is 36.4 Å². The number of nitrogens with one attached hydrogen (secondary N) is 2. The van der Waals surface area contributed by atoms with Gasteiger partial charge in [-0.15, -0.1) is 0 Å². The molecule has 1 heterocycles. The predicted octanol–water partition coefficient (Wildman–Crippen LogP) is 5.18. The molecule has 6 nitrogen and oxygen atoms in total. The molecule has 3 aromatic carbocycles. The van der Waals surface area contributed by atoms with Crippen molar-refractivity contribution in [2.75, 3.05) is 25.0 Å². The van der Waals surface area contributed by atoms with Crippen LogP contribution in [0.25, 0.3) is 0 Å². The molecule has 1 aliphatic rings. The smallest absolute Gasteiger partial charge is 0.253 e. The van der Waals surface area contributed by atoms with E-state index in [1.54, 1.807) is 0 Å². The van der Waals surface area contributed by atoms with Crippen molar-refractivity contribution in [3.05, 3.63) is 95.6 Å². The molecule has 0 aromatic heterocycles. The van der Waals surface area contributed by atoms with Crippen LogP contribution in [0.2, 0.25) is 0 Å². The van der Waals surface area contributed by atoms with Gasteiger partial charge in [-0.1, -0.05) is 54.6 Å². The molecule has 4 rings (SSSR count). The Bertz CT molecular complexity index is 1110. The van der Waals surface area contributed by atoms with Crippen LogP contribution in [0, 0.1) is 0 Å². The van der Waals surface area contributed by atoms with Crippen LogP contribution in [-0.2, 0) is 11.3 Å². The predicted molar refractivity (Wildman–Crippen MR) is 138 cm³/mol. The number of benzene rings is 3. The van der Waals surface area contributed by atoms with Crippen LogP contribution in [0.4, 0.5) is 5.69 Å². The van der Waals surface area contributed by atoms with Crippen LogP contribution in [0.5, 0.6) is 5.75 Å². The van der Waals surface area contributed by atoms with Crippen molar-refractivity contribution in [3.63, 3.8) is 0 Å². The van der Waals surface area contributed by atoms with E-state index in [1.165, 1.54) is 6.42 Å². The number of hydrogen-bond donors (Lipinski definition) is 2. The standard InChI is InChI=1S/C29H33N3O3/c1-2-35-26-14-8-7-13-25(26)31-28(33)27(23-11-5-3-6-12-23)30-21-22-15-17-24(18-16-22)29(34)32-19-9-4-10-20-32/h3,5-8,11-18,27,30H,2,4,9-10,19-21H2,1H3,(H,31,33)/t27-/m0/s1. The summed E-state index contributed by atoms with van der Waals surface area (Å²) in [5.74, 6) is 0.572. The molecule has 0 aliphatic carbocycles. The Balaban J connectivity index is 1.45. The first kappa shape index (κ1) is 24.5. The first-order chi connectivity index (χ1) is 17.2. The zero-order valence-electron chi connectivity index (χ0n) is 20.2. The number of amides is 2. The van der Waals surface area contributed by atoms with Gasteiger partial charge in [-0.2, -0.15) is 0 Å². The van der Waals surface area contributed by atoms with Gasteiger partial charge >= 0.3 is 0 Å². The zero-order chi connectivity index (χ0) is 24.5. The number of carbonyl (C=O) groups excluding carboxylic acids is 2. The average Bonchev–Trinajstić information content (AvgIpc) is 2.91. The van der Waals surface area contributed by atoms with Crippen LogP contribution in [0.3, 0.4) is 0 Å². The molecule has 0 bridgehead atoms. The van der Waals surface area contributed by atoms with Crippen molar-refractivity contribution in [3.8, 4) is 5.75 Å². The van der Waals surface area contributed by atoms with E-state index in [-0.39, 0.29) is 11.8 Å². The van der Waals surface area contributed by atoms with Crippen LogP contribution in [0.1, 0.15) is 53.7 Å². The van der Waals surface area contributed by atoms with Crippen LogP contribution < -0.4 is 15.4 Å². The lowest BCUT2D eigenvalue weighted by Crippen LogP contribution is -2.35. The summed E-state index contributed by atoms with van der Waals surface area (Å²) in [7, 11) is 0. The Labute approximate surface area is 207 Å². The van der Waals surface area contributed by atoms with Gasteiger partial charge in [0.05, 0.1) is 12.3 Å². The number of piperidine rings is 1. The molecule has 1 saturated heterocycles. The summed E-state index contributed by atoms with van der Waals surface area (Å²) >= 11 is 0. The summed E-state index contributed by atoms with van der Waals surface area (Å²) in [6.45, 7) is 4.59. The Kier molecular flexibility index (Phi) is 8.52. The second-order valence-corrected chi connectivity index (χ2v) is 8.69. The first-order valence-corrected chi connectivity index (χ1v) is 12.3. The molecule has 1 aliphatic heterocycles. The minimum atomic E-state index is -0.555. The van der Waals surface area contributed by atoms with E-state index in [2.05, 4.69) is 10.6 Å². The third-order valence-electron chi connectivity index (χ3n) is 6.19. The van der Waals surface area contributed by atoms with E-state index in [1.807, 2.05) is 90.7 Å². The number of likely N-dealkylation sites (tertiary alicyclic amines) is 1. The van der Waals surface area contributed by atoms with Gasteiger partial charge in [0.15, 0.2) is 0 Å². The van der Waals surface area contributed by atoms with E-state index >= 15 is 0 Å². The number of anilines is 1. The van der Waals surface area contributed by atoms with Gasteiger partial charge in [0.2, 0.25) is 5.91 Å². The number of rotatable bonds is 9. The fourth-order valence-electron chi connectivity index (χ4n) is 4.33. The maximum Gasteiger partial charge on any atom is 0.253 e. The lowest BCUT2D eigenvalue weighted by Gasteiger charge is -2.26. The Morgan fingerprint density at radius 3 is 2.29 bits per heavy atom. The zero-order valence-corrected chi connectivity index (χ0v) is 20.2. The highest BCUT2D eigenvalue weighted by Gasteiger charge is 2.22. The molecule has 35 heavy (non-hydrogen) atoms. The minimum Gasteiger partial charge on any atom is -0.492 e. The summed E-state index contributed by atoms with van der Waals surface area (Å²) in [5.41, 5.74) is 3.22. The normalized spacial score (nSPS) is 14.3. The molecule has 0 unspecified atom stereocenters. The second kappa shape index (κ2) is 12.2. The molecule has 1 fully saturated rings. The fourth-order valence-corrected chi connectivity index (χ4v) is 4.33. The molecule has 182 valence electrons.